The van der Waals surface area contributed by atoms with Crippen LogP contribution in [0.2, 0.25) is 5.02 Å². The lowest BCUT2D eigenvalue weighted by atomic mass is 9.98. The van der Waals surface area contributed by atoms with Crippen LogP contribution in [0.15, 0.2) is 36.4 Å². The predicted molar refractivity (Wildman–Crippen MR) is 100 cm³/mol. The molecule has 25 heavy (non-hydrogen) atoms. The number of aliphatic hydroxyl groups excluding tert-OH is 1. The summed E-state index contributed by atoms with van der Waals surface area (Å²) in [5.41, 5.74) is 2.88. The summed E-state index contributed by atoms with van der Waals surface area (Å²) in [7, 11) is 1.51. The number of aliphatic hydroxyl groups is 1. The van der Waals surface area contributed by atoms with Crippen molar-refractivity contribution in [1.82, 2.24) is 10.3 Å². The molecule has 0 saturated carbocycles. The number of carbonyl (C=O) groups excluding carboxylic acids is 1. The van der Waals surface area contributed by atoms with Gasteiger partial charge in [-0.1, -0.05) is 23.7 Å². The van der Waals surface area contributed by atoms with E-state index < -0.39 is 6.10 Å². The van der Waals surface area contributed by atoms with E-state index in [1.165, 1.54) is 7.11 Å². The van der Waals surface area contributed by atoms with E-state index in [9.17, 15) is 9.90 Å². The number of halogens is 1. The van der Waals surface area contributed by atoms with E-state index in [1.807, 2.05) is 43.3 Å². The van der Waals surface area contributed by atoms with Crippen LogP contribution in [0.5, 0.6) is 0 Å². The third-order valence-electron chi connectivity index (χ3n) is 4.35. The molecule has 0 bridgehead atoms. The van der Waals surface area contributed by atoms with Crippen molar-refractivity contribution in [2.24, 2.45) is 0 Å². The fourth-order valence-corrected chi connectivity index (χ4v) is 3.11. The first-order valence-electron chi connectivity index (χ1n) is 8.15. The number of methoxy groups -OCH3 is 1. The molecule has 132 valence electrons. The van der Waals surface area contributed by atoms with Crippen LogP contribution in [0.3, 0.4) is 0 Å². The smallest absolute Gasteiger partial charge is 0.227 e. The molecule has 0 unspecified atom stereocenters. The molecular weight excluding hydrogens is 340 g/mol. The van der Waals surface area contributed by atoms with Crippen molar-refractivity contribution in [3.63, 3.8) is 0 Å². The Bertz CT molecular complexity index is 906. The molecular formula is C19H21ClN2O3. The number of aromatic nitrogens is 1. The van der Waals surface area contributed by atoms with Gasteiger partial charge in [0, 0.05) is 40.5 Å². The Morgan fingerprint density at radius 1 is 1.24 bits per heavy atom. The molecule has 3 aromatic rings. The van der Waals surface area contributed by atoms with Crippen molar-refractivity contribution in [2.45, 2.75) is 18.9 Å². The fourth-order valence-electron chi connectivity index (χ4n) is 2.94. The number of hydrogen-bond acceptors (Lipinski definition) is 3. The van der Waals surface area contributed by atoms with Crippen molar-refractivity contribution < 1.29 is 14.6 Å². The van der Waals surface area contributed by atoms with Gasteiger partial charge < -0.3 is 20.1 Å². The average molecular weight is 361 g/mol. The van der Waals surface area contributed by atoms with Gasteiger partial charge in [-0.25, -0.2) is 0 Å². The Hall–Kier alpha value is -2.08. The summed E-state index contributed by atoms with van der Waals surface area (Å²) >= 11 is 6.09. The molecule has 0 aliphatic rings. The largest absolute Gasteiger partial charge is 0.389 e. The monoisotopic (exact) mass is 360 g/mol. The lowest BCUT2D eigenvalue weighted by molar-refractivity contribution is -0.122. The zero-order valence-corrected chi connectivity index (χ0v) is 14.9. The normalized spacial score (nSPS) is 13.9. The Morgan fingerprint density at radius 2 is 2.04 bits per heavy atom. The molecule has 0 aliphatic heterocycles. The summed E-state index contributed by atoms with van der Waals surface area (Å²) in [4.78, 5) is 15.7. The van der Waals surface area contributed by atoms with Gasteiger partial charge in [0.25, 0.3) is 0 Å². The molecule has 5 nitrogen and oxygen atoms in total. The molecule has 0 saturated heterocycles. The van der Waals surface area contributed by atoms with Gasteiger partial charge in [-0.3, -0.25) is 4.79 Å². The predicted octanol–water partition coefficient (Wildman–Crippen LogP) is 3.20. The van der Waals surface area contributed by atoms with Crippen LogP contribution in [-0.2, 0) is 9.53 Å². The number of fused-ring (bicyclic) bond motifs is 3. The quantitative estimate of drug-likeness (QED) is 0.632. The van der Waals surface area contributed by atoms with Crippen LogP contribution in [-0.4, -0.2) is 42.4 Å². The maximum atomic E-state index is 12.3. The summed E-state index contributed by atoms with van der Waals surface area (Å²) in [6, 6.07) is 11.7. The number of hydrogen-bond donors (Lipinski definition) is 3. The summed E-state index contributed by atoms with van der Waals surface area (Å²) in [6.07, 6.45) is -0.706. The average Bonchev–Trinajstić information content (AvgIpc) is 2.96. The molecule has 1 heterocycles. The lowest BCUT2D eigenvalue weighted by Crippen LogP contribution is -2.36. The Morgan fingerprint density at radius 3 is 2.80 bits per heavy atom. The maximum Gasteiger partial charge on any atom is 0.227 e. The number of H-pyrrole nitrogens is 1. The first-order valence-corrected chi connectivity index (χ1v) is 8.53. The summed E-state index contributed by atoms with van der Waals surface area (Å²) in [6.45, 7) is 2.21. The second-order valence-electron chi connectivity index (χ2n) is 6.20. The molecule has 2 atom stereocenters. The minimum Gasteiger partial charge on any atom is -0.389 e. The van der Waals surface area contributed by atoms with E-state index in [4.69, 9.17) is 16.3 Å². The van der Waals surface area contributed by atoms with E-state index in [0.29, 0.717) is 5.02 Å². The summed E-state index contributed by atoms with van der Waals surface area (Å²) in [5, 5.41) is 15.2. The maximum absolute atomic E-state index is 12.3. The molecule has 3 N–H and O–H groups in total. The molecule has 0 spiro atoms. The number of nitrogens with one attached hydrogen (secondary N) is 2. The number of carbonyl (C=O) groups is 1. The van der Waals surface area contributed by atoms with E-state index in [1.54, 1.807) is 0 Å². The molecule has 6 heteroatoms. The van der Waals surface area contributed by atoms with Crippen LogP contribution < -0.4 is 5.32 Å². The first kappa shape index (κ1) is 17.7. The summed E-state index contributed by atoms with van der Waals surface area (Å²) in [5.74, 6) is -0.456. The molecule has 0 fully saturated rings. The lowest BCUT2D eigenvalue weighted by Gasteiger charge is -2.15. The van der Waals surface area contributed by atoms with Crippen molar-refractivity contribution in [1.29, 1.82) is 0 Å². The second-order valence-corrected chi connectivity index (χ2v) is 6.63. The third kappa shape index (κ3) is 3.79. The molecule has 0 aliphatic carbocycles. The highest BCUT2D eigenvalue weighted by atomic mass is 35.5. The minimum atomic E-state index is -0.706. The van der Waals surface area contributed by atoms with E-state index >= 15 is 0 Å². The van der Waals surface area contributed by atoms with Crippen molar-refractivity contribution in [2.75, 3.05) is 20.3 Å². The minimum absolute atomic E-state index is 0.131. The molecule has 3 rings (SSSR count). The molecule has 2 aromatic carbocycles. The first-order chi connectivity index (χ1) is 12.0. The Kier molecular flexibility index (Phi) is 5.27. The van der Waals surface area contributed by atoms with Gasteiger partial charge in [0.15, 0.2) is 0 Å². The van der Waals surface area contributed by atoms with Gasteiger partial charge >= 0.3 is 0 Å². The highest BCUT2D eigenvalue weighted by Crippen LogP contribution is 2.30. The highest BCUT2D eigenvalue weighted by molar-refractivity contribution is 6.31. The van der Waals surface area contributed by atoms with Gasteiger partial charge in [0.2, 0.25) is 5.91 Å². The van der Waals surface area contributed by atoms with E-state index in [-0.39, 0.29) is 25.0 Å². The second kappa shape index (κ2) is 7.44. The van der Waals surface area contributed by atoms with Crippen LogP contribution in [0.25, 0.3) is 21.8 Å². The third-order valence-corrected chi connectivity index (χ3v) is 4.58. The SMILES string of the molecule is COC[C@H](O)CNC(=O)[C@@H](C)c1ccc2c(c1)[nH]c1ccc(Cl)cc12. The van der Waals surface area contributed by atoms with Gasteiger partial charge in [0.05, 0.1) is 18.6 Å². The topological polar surface area (TPSA) is 74.3 Å². The number of amides is 1. The summed E-state index contributed by atoms with van der Waals surface area (Å²) < 4.78 is 4.85. The van der Waals surface area contributed by atoms with Gasteiger partial charge in [-0.15, -0.1) is 0 Å². The van der Waals surface area contributed by atoms with Crippen molar-refractivity contribution in [3.05, 3.63) is 47.0 Å². The van der Waals surface area contributed by atoms with Crippen molar-refractivity contribution in [3.8, 4) is 0 Å². The van der Waals surface area contributed by atoms with Gasteiger partial charge in [-0.05, 0) is 36.8 Å². The van der Waals surface area contributed by atoms with Crippen LogP contribution >= 0.6 is 11.6 Å². The van der Waals surface area contributed by atoms with Crippen LogP contribution in [0.4, 0.5) is 0 Å². The van der Waals surface area contributed by atoms with E-state index in [2.05, 4.69) is 10.3 Å². The molecule has 1 aromatic heterocycles. The number of aromatic amines is 1. The van der Waals surface area contributed by atoms with E-state index in [0.717, 1.165) is 27.4 Å². The highest BCUT2D eigenvalue weighted by Gasteiger charge is 2.17. The van der Waals surface area contributed by atoms with Crippen LogP contribution in [0, 0.1) is 0 Å². The van der Waals surface area contributed by atoms with Gasteiger partial charge in [-0.2, -0.15) is 0 Å². The van der Waals surface area contributed by atoms with Crippen LogP contribution in [0.1, 0.15) is 18.4 Å². The number of rotatable bonds is 6. The number of ether oxygens (including phenoxy) is 1. The molecule has 1 amide bonds. The fraction of sp³-hybridized carbons (Fsp3) is 0.316. The zero-order chi connectivity index (χ0) is 18.0. The zero-order valence-electron chi connectivity index (χ0n) is 14.2. The number of benzene rings is 2. The van der Waals surface area contributed by atoms with Gasteiger partial charge in [0.1, 0.15) is 0 Å². The Labute approximate surface area is 150 Å². The van der Waals surface area contributed by atoms with Crippen molar-refractivity contribution >= 4 is 39.3 Å². The standard InChI is InChI=1S/C19H21ClN2O3/c1-11(19(24)21-9-14(23)10-25-2)12-3-5-15-16-8-13(20)4-6-17(16)22-18(15)7-12/h3-8,11,14,22-23H,9-10H2,1-2H3,(H,21,24)/t11-,14+/m0/s1. The molecule has 0 radical (unpaired) electrons. The Balaban J connectivity index is 1.81.